The zero-order valence-corrected chi connectivity index (χ0v) is 33.2. The molecule has 4 rings (SSSR count). The van der Waals surface area contributed by atoms with Gasteiger partial charge >= 0.3 is 6.09 Å². The molecule has 0 aliphatic heterocycles. The number of aliphatic hydroxyl groups excluding tert-OH is 1. The summed E-state index contributed by atoms with van der Waals surface area (Å²) in [4.78, 5) is 35.7. The summed E-state index contributed by atoms with van der Waals surface area (Å²) in [6, 6.07) is 19.1. The van der Waals surface area contributed by atoms with E-state index in [1.165, 1.54) is 55.5 Å². The fraction of sp³-hybridized carbons (Fsp3) is 0.359. The van der Waals surface area contributed by atoms with Crippen LogP contribution in [0.5, 0.6) is 5.88 Å². The van der Waals surface area contributed by atoms with Crippen molar-refractivity contribution in [1.82, 2.24) is 14.6 Å². The Bertz CT molecular complexity index is 2100. The third-order valence-electron chi connectivity index (χ3n) is 8.39. The van der Waals surface area contributed by atoms with Crippen LogP contribution in [0.2, 0.25) is 5.02 Å². The van der Waals surface area contributed by atoms with Crippen LogP contribution in [0.15, 0.2) is 101 Å². The highest BCUT2D eigenvalue weighted by atomic mass is 35.5. The van der Waals surface area contributed by atoms with Gasteiger partial charge in [0.1, 0.15) is 17.5 Å². The molecule has 0 bridgehead atoms. The average Bonchev–Trinajstić information content (AvgIpc) is 3.14. The van der Waals surface area contributed by atoms with Crippen LogP contribution in [0.4, 0.5) is 14.9 Å². The van der Waals surface area contributed by atoms with E-state index in [9.17, 15) is 28.6 Å². The predicted molar refractivity (Wildman–Crippen MR) is 210 cm³/mol. The summed E-state index contributed by atoms with van der Waals surface area (Å²) in [5.74, 6) is -2.00. The van der Waals surface area contributed by atoms with Crippen molar-refractivity contribution in [2.24, 2.45) is 5.11 Å². The van der Waals surface area contributed by atoms with Crippen molar-refractivity contribution in [3.63, 3.8) is 0 Å². The first-order valence-corrected chi connectivity index (χ1v) is 19.5. The Kier molecular flexibility index (Phi) is 15.2. The van der Waals surface area contributed by atoms with Crippen LogP contribution in [-0.4, -0.2) is 79.4 Å². The van der Waals surface area contributed by atoms with Crippen molar-refractivity contribution >= 4 is 39.3 Å². The summed E-state index contributed by atoms with van der Waals surface area (Å²) in [6.45, 7) is 6.06. The number of amides is 2. The lowest BCUT2D eigenvalue weighted by molar-refractivity contribution is -0.117. The maximum Gasteiger partial charge on any atom is 0.410 e. The first kappa shape index (κ1) is 43.5. The Morgan fingerprint density at radius 3 is 2.29 bits per heavy atom. The van der Waals surface area contributed by atoms with E-state index in [4.69, 9.17) is 21.1 Å². The summed E-state index contributed by atoms with van der Waals surface area (Å²) in [5.41, 5.74) is 9.90. The van der Waals surface area contributed by atoms with E-state index in [-0.39, 0.29) is 42.1 Å². The lowest BCUT2D eigenvalue weighted by Gasteiger charge is -2.31. The van der Waals surface area contributed by atoms with Gasteiger partial charge in [-0.05, 0) is 93.6 Å². The van der Waals surface area contributed by atoms with E-state index in [2.05, 4.69) is 25.0 Å². The molecular weight excluding hydrogens is 765 g/mol. The van der Waals surface area contributed by atoms with Gasteiger partial charge in [-0.1, -0.05) is 59.2 Å². The fourth-order valence-corrected chi connectivity index (χ4v) is 7.32. The molecule has 0 radical (unpaired) electrons. The molecule has 0 aliphatic rings. The number of carbonyl (C=O) groups is 2. The summed E-state index contributed by atoms with van der Waals surface area (Å²) >= 11 is 6.15. The SMILES string of the molecule is COc1ccc([C@H](c2ccc(Cl)cc2)C(N=[N+]=[N-])C(=O)Nc2cccc(F)c2CC[C@@H](CN(C[C@H](C)O)C(=O)OC(C)(C)C)NS(=O)(=O)c2ccccc2)cn1. The van der Waals surface area contributed by atoms with Gasteiger partial charge in [0.15, 0.2) is 0 Å². The molecule has 0 spiro atoms. The molecule has 298 valence electrons. The van der Waals surface area contributed by atoms with E-state index in [0.29, 0.717) is 22.0 Å². The van der Waals surface area contributed by atoms with Crippen LogP contribution < -0.4 is 14.8 Å². The molecule has 4 atom stereocenters. The number of azide groups is 1. The molecule has 0 fully saturated rings. The zero-order valence-electron chi connectivity index (χ0n) is 31.6. The fourth-order valence-electron chi connectivity index (χ4n) is 5.91. The third kappa shape index (κ3) is 12.4. The number of aromatic nitrogens is 1. The van der Waals surface area contributed by atoms with Gasteiger partial charge in [-0.2, -0.15) is 0 Å². The Hall–Kier alpha value is -5.25. The molecule has 14 nitrogen and oxygen atoms in total. The highest BCUT2D eigenvalue weighted by Gasteiger charge is 2.33. The molecule has 17 heteroatoms. The second kappa shape index (κ2) is 19.6. The number of sulfonamides is 1. The number of halogens is 2. The van der Waals surface area contributed by atoms with Crippen LogP contribution in [0.3, 0.4) is 0 Å². The van der Waals surface area contributed by atoms with Gasteiger partial charge in [-0.15, -0.1) is 0 Å². The predicted octanol–water partition coefficient (Wildman–Crippen LogP) is 7.23. The topological polar surface area (TPSA) is 196 Å². The number of carbonyl (C=O) groups excluding carboxylic acids is 2. The summed E-state index contributed by atoms with van der Waals surface area (Å²) < 4.78 is 56.2. The Labute approximate surface area is 330 Å². The largest absolute Gasteiger partial charge is 0.481 e. The number of methoxy groups -OCH3 is 1. The second-order valence-electron chi connectivity index (χ2n) is 14.0. The minimum absolute atomic E-state index is 0.0259. The first-order chi connectivity index (χ1) is 26.5. The molecule has 4 aromatic rings. The number of ether oxygens (including phenoxy) is 2. The standard InChI is InChI=1S/C39H45ClFN7O7S/c1-25(49)23-48(38(51)55-39(2,3)4)24-29(46-56(52,53)30-10-7-6-8-11-30)19-20-31-32(41)12-9-13-33(31)44-37(50)36(45-47-42)35(26-14-17-28(40)18-15-26)27-16-21-34(54-5)43-22-27/h6-18,21-22,25,29,35-36,46,49H,19-20,23-24H2,1-5H3,(H,44,50)/t25-,29-,35-,36?/m0/s1. The van der Waals surface area contributed by atoms with Crippen molar-refractivity contribution in [3.8, 4) is 5.88 Å². The maximum absolute atomic E-state index is 15.7. The van der Waals surface area contributed by atoms with E-state index >= 15 is 4.39 Å². The van der Waals surface area contributed by atoms with Crippen LogP contribution in [0.1, 0.15) is 56.7 Å². The number of pyridine rings is 1. The van der Waals surface area contributed by atoms with Crippen LogP contribution in [0, 0.1) is 5.82 Å². The van der Waals surface area contributed by atoms with Gasteiger partial charge in [0.2, 0.25) is 21.8 Å². The number of aliphatic hydroxyl groups is 1. The molecule has 3 aromatic carbocycles. The van der Waals surface area contributed by atoms with Crippen LogP contribution in [-0.2, 0) is 26.0 Å². The van der Waals surface area contributed by atoms with E-state index in [0.717, 1.165) is 0 Å². The number of benzene rings is 3. The Morgan fingerprint density at radius 2 is 1.70 bits per heavy atom. The molecule has 1 aromatic heterocycles. The molecule has 56 heavy (non-hydrogen) atoms. The summed E-state index contributed by atoms with van der Waals surface area (Å²) in [6.07, 6.45) is -0.479. The first-order valence-electron chi connectivity index (χ1n) is 17.6. The Morgan fingerprint density at radius 1 is 1.02 bits per heavy atom. The average molecular weight is 810 g/mol. The summed E-state index contributed by atoms with van der Waals surface area (Å²) in [7, 11) is -2.69. The number of hydrogen-bond donors (Lipinski definition) is 3. The van der Waals surface area contributed by atoms with Crippen molar-refractivity contribution in [1.29, 1.82) is 0 Å². The molecule has 0 saturated carbocycles. The van der Waals surface area contributed by atoms with Crippen molar-refractivity contribution < 1.29 is 37.0 Å². The highest BCUT2D eigenvalue weighted by Crippen LogP contribution is 2.33. The normalized spacial score (nSPS) is 13.7. The highest BCUT2D eigenvalue weighted by molar-refractivity contribution is 7.89. The summed E-state index contributed by atoms with van der Waals surface area (Å²) in [5, 5.41) is 17.3. The monoisotopic (exact) mass is 809 g/mol. The molecule has 0 aliphatic carbocycles. The number of anilines is 1. The minimum atomic E-state index is -4.15. The van der Waals surface area contributed by atoms with Gasteiger partial charge in [-0.25, -0.2) is 27.3 Å². The smallest absolute Gasteiger partial charge is 0.410 e. The van der Waals surface area contributed by atoms with E-state index < -0.39 is 57.5 Å². The quantitative estimate of drug-likeness (QED) is 0.0564. The molecule has 1 heterocycles. The van der Waals surface area contributed by atoms with Crippen LogP contribution in [0.25, 0.3) is 10.4 Å². The molecule has 2 amide bonds. The maximum atomic E-state index is 15.7. The van der Waals surface area contributed by atoms with Gasteiger partial charge in [-0.3, -0.25) is 4.79 Å². The number of nitrogens with zero attached hydrogens (tertiary/aromatic N) is 5. The minimum Gasteiger partial charge on any atom is -0.481 e. The molecular formula is C39H45ClFN7O7S. The molecule has 3 N–H and O–H groups in total. The Balaban J connectivity index is 1.68. The number of hydrogen-bond acceptors (Lipinski definition) is 9. The molecule has 1 unspecified atom stereocenters. The number of rotatable bonds is 17. The van der Waals surface area contributed by atoms with Gasteiger partial charge in [0.25, 0.3) is 0 Å². The lowest BCUT2D eigenvalue weighted by Crippen LogP contribution is -2.49. The zero-order chi connectivity index (χ0) is 41.0. The third-order valence-corrected chi connectivity index (χ3v) is 10.2. The van der Waals surface area contributed by atoms with Crippen molar-refractivity contribution in [3.05, 3.63) is 129 Å². The van der Waals surface area contributed by atoms with Crippen LogP contribution >= 0.6 is 11.6 Å². The van der Waals surface area contributed by atoms with Gasteiger partial charge < -0.3 is 24.8 Å². The van der Waals surface area contributed by atoms with Crippen molar-refractivity contribution in [2.45, 2.75) is 75.1 Å². The second-order valence-corrected chi connectivity index (χ2v) is 16.1. The van der Waals surface area contributed by atoms with Crippen molar-refractivity contribution in [2.75, 3.05) is 25.5 Å². The van der Waals surface area contributed by atoms with E-state index in [1.54, 1.807) is 75.4 Å². The van der Waals surface area contributed by atoms with Gasteiger partial charge in [0, 0.05) is 58.5 Å². The number of nitrogens with one attached hydrogen (secondary N) is 2. The van der Waals surface area contributed by atoms with Gasteiger partial charge in [0.05, 0.1) is 18.1 Å². The van der Waals surface area contributed by atoms with E-state index in [1.807, 2.05) is 0 Å². The lowest BCUT2D eigenvalue weighted by atomic mass is 9.85. The molecule has 0 saturated heterocycles.